The van der Waals surface area contributed by atoms with E-state index in [0.717, 1.165) is 16.6 Å². The van der Waals surface area contributed by atoms with Crippen molar-refractivity contribution in [3.63, 3.8) is 0 Å². The number of fused-ring (bicyclic) bond motifs is 2. The highest BCUT2D eigenvalue weighted by atomic mass is 16.3. The summed E-state index contributed by atoms with van der Waals surface area (Å²) < 4.78 is 8.82. The van der Waals surface area contributed by atoms with Crippen molar-refractivity contribution >= 4 is 21.9 Å². The van der Waals surface area contributed by atoms with E-state index in [4.69, 9.17) is 9.40 Å². The van der Waals surface area contributed by atoms with Gasteiger partial charge in [-0.1, -0.05) is 36.4 Å². The Hall–Kier alpha value is -3.93. The second kappa shape index (κ2) is 6.84. The molecule has 6 nitrogen and oxygen atoms in total. The molecule has 0 radical (unpaired) electrons. The zero-order valence-corrected chi connectivity index (χ0v) is 16.6. The van der Waals surface area contributed by atoms with Gasteiger partial charge in [0.25, 0.3) is 5.56 Å². The van der Waals surface area contributed by atoms with Crippen molar-refractivity contribution in [2.24, 2.45) is 7.05 Å². The number of nitrogens with zero attached hydrogens (tertiary/aromatic N) is 3. The molecule has 148 valence electrons. The van der Waals surface area contributed by atoms with Crippen molar-refractivity contribution in [2.45, 2.75) is 13.5 Å². The highest BCUT2D eigenvalue weighted by Gasteiger charge is 2.20. The summed E-state index contributed by atoms with van der Waals surface area (Å²) in [6, 6.07) is 18.6. The quantitative estimate of drug-likeness (QED) is 0.434. The minimum absolute atomic E-state index is 0.0834. The van der Waals surface area contributed by atoms with Crippen LogP contribution in [0.1, 0.15) is 11.3 Å². The van der Waals surface area contributed by atoms with Crippen LogP contribution in [0.3, 0.4) is 0 Å². The fourth-order valence-electron chi connectivity index (χ4n) is 3.93. The van der Waals surface area contributed by atoms with E-state index < -0.39 is 0 Å². The first-order valence-corrected chi connectivity index (χ1v) is 9.67. The topological polar surface area (TPSA) is 70.0 Å². The monoisotopic (exact) mass is 397 g/mol. The van der Waals surface area contributed by atoms with Crippen molar-refractivity contribution in [1.82, 2.24) is 14.1 Å². The van der Waals surface area contributed by atoms with Gasteiger partial charge in [-0.05, 0) is 36.8 Å². The average molecular weight is 397 g/mol. The molecule has 5 rings (SSSR count). The van der Waals surface area contributed by atoms with Crippen molar-refractivity contribution < 1.29 is 4.42 Å². The Kier molecular flexibility index (Phi) is 4.13. The van der Waals surface area contributed by atoms with Gasteiger partial charge in [0.05, 0.1) is 18.3 Å². The normalized spacial score (nSPS) is 11.4. The second-order valence-electron chi connectivity index (χ2n) is 7.32. The largest absolute Gasteiger partial charge is 0.467 e. The molecule has 0 aliphatic rings. The fourth-order valence-corrected chi connectivity index (χ4v) is 3.93. The number of hydrogen-bond acceptors (Lipinski definition) is 4. The van der Waals surface area contributed by atoms with Gasteiger partial charge in [0.1, 0.15) is 17.0 Å². The summed E-state index contributed by atoms with van der Waals surface area (Å²) in [6.07, 6.45) is 1.56. The maximum absolute atomic E-state index is 13.6. The smallest absolute Gasteiger partial charge is 0.267 e. The molecule has 0 bridgehead atoms. The average Bonchev–Trinajstić information content (AvgIpc) is 3.27. The summed E-state index contributed by atoms with van der Waals surface area (Å²) in [5, 5.41) is 0.583. The zero-order valence-electron chi connectivity index (χ0n) is 16.6. The molecule has 5 aromatic rings. The molecule has 0 unspecified atom stereocenters. The first kappa shape index (κ1) is 18.1. The Morgan fingerprint density at radius 1 is 0.967 bits per heavy atom. The SMILES string of the molecule is Cc1ccccc1-c1nc2c(c(=O)c3ccccc3n2C)c(=O)n1Cc1ccco1. The number of aryl methyl sites for hydroxylation is 2. The molecule has 6 heteroatoms. The number of para-hydroxylation sites is 1. The fraction of sp³-hybridized carbons (Fsp3) is 0.125. The minimum Gasteiger partial charge on any atom is -0.467 e. The molecular weight excluding hydrogens is 378 g/mol. The molecule has 0 aliphatic carbocycles. The van der Waals surface area contributed by atoms with Crippen LogP contribution in [0.4, 0.5) is 0 Å². The van der Waals surface area contributed by atoms with Gasteiger partial charge in [0, 0.05) is 18.0 Å². The molecule has 0 saturated heterocycles. The van der Waals surface area contributed by atoms with Crippen LogP contribution in [-0.2, 0) is 13.6 Å². The van der Waals surface area contributed by atoms with Crippen LogP contribution in [0.5, 0.6) is 0 Å². The third-order valence-corrected chi connectivity index (χ3v) is 5.48. The summed E-state index contributed by atoms with van der Waals surface area (Å²) in [4.78, 5) is 31.7. The molecule has 30 heavy (non-hydrogen) atoms. The molecule has 0 spiro atoms. The number of aromatic nitrogens is 3. The van der Waals surface area contributed by atoms with Crippen LogP contribution >= 0.6 is 0 Å². The summed E-state index contributed by atoms with van der Waals surface area (Å²) >= 11 is 0. The molecule has 0 aliphatic heterocycles. The van der Waals surface area contributed by atoms with E-state index in [1.165, 1.54) is 4.57 Å². The van der Waals surface area contributed by atoms with Crippen molar-refractivity contribution in [3.05, 3.63) is 98.8 Å². The van der Waals surface area contributed by atoms with Crippen LogP contribution in [0, 0.1) is 6.92 Å². The van der Waals surface area contributed by atoms with Gasteiger partial charge < -0.3 is 8.98 Å². The number of pyridine rings is 1. The summed E-state index contributed by atoms with van der Waals surface area (Å²) in [5.74, 6) is 1.12. The number of benzene rings is 2. The zero-order chi connectivity index (χ0) is 20.8. The van der Waals surface area contributed by atoms with Crippen molar-refractivity contribution in [1.29, 1.82) is 0 Å². The van der Waals surface area contributed by atoms with Gasteiger partial charge in [0.15, 0.2) is 5.65 Å². The lowest BCUT2D eigenvalue weighted by molar-refractivity contribution is 0.490. The van der Waals surface area contributed by atoms with Gasteiger partial charge >= 0.3 is 0 Å². The standard InChI is InChI=1S/C24H19N3O3/c1-15-8-3-4-10-17(15)22-25-23-20(24(29)27(22)14-16-9-7-13-30-16)21(28)18-11-5-6-12-19(18)26(23)2/h3-13H,14H2,1-2H3. The van der Waals surface area contributed by atoms with Gasteiger partial charge in [-0.3, -0.25) is 14.2 Å². The first-order valence-electron chi connectivity index (χ1n) is 9.67. The van der Waals surface area contributed by atoms with Crippen LogP contribution in [0.15, 0.2) is 80.9 Å². The van der Waals surface area contributed by atoms with Crippen LogP contribution in [0.2, 0.25) is 0 Å². The van der Waals surface area contributed by atoms with E-state index in [1.54, 1.807) is 30.5 Å². The molecule has 2 aromatic carbocycles. The summed E-state index contributed by atoms with van der Waals surface area (Å²) in [7, 11) is 1.83. The molecule has 0 N–H and O–H groups in total. The van der Waals surface area contributed by atoms with Gasteiger partial charge in [-0.2, -0.15) is 0 Å². The lowest BCUT2D eigenvalue weighted by Crippen LogP contribution is -2.29. The molecular formula is C24H19N3O3. The molecule has 0 amide bonds. The molecule has 0 saturated carbocycles. The number of furan rings is 1. The lowest BCUT2D eigenvalue weighted by Gasteiger charge is -2.16. The Morgan fingerprint density at radius 3 is 2.50 bits per heavy atom. The highest BCUT2D eigenvalue weighted by Crippen LogP contribution is 2.24. The molecule has 3 heterocycles. The predicted octanol–water partition coefficient (Wildman–Crippen LogP) is 3.87. The maximum atomic E-state index is 13.6. The Balaban J connectivity index is 1.96. The van der Waals surface area contributed by atoms with E-state index in [9.17, 15) is 9.59 Å². The van der Waals surface area contributed by atoms with Gasteiger partial charge in [0.2, 0.25) is 5.43 Å². The maximum Gasteiger partial charge on any atom is 0.267 e. The minimum atomic E-state index is -0.374. The van der Waals surface area contributed by atoms with Crippen LogP contribution in [-0.4, -0.2) is 14.1 Å². The molecule has 3 aromatic heterocycles. The highest BCUT2D eigenvalue weighted by molar-refractivity contribution is 5.92. The number of hydrogen-bond donors (Lipinski definition) is 0. The Morgan fingerprint density at radius 2 is 1.73 bits per heavy atom. The summed E-state index contributed by atoms with van der Waals surface area (Å²) in [5.41, 5.74) is 2.26. The van der Waals surface area contributed by atoms with E-state index in [2.05, 4.69) is 0 Å². The van der Waals surface area contributed by atoms with E-state index in [-0.39, 0.29) is 22.9 Å². The molecule has 0 fully saturated rings. The lowest BCUT2D eigenvalue weighted by atomic mass is 10.1. The van der Waals surface area contributed by atoms with Crippen molar-refractivity contribution in [2.75, 3.05) is 0 Å². The van der Waals surface area contributed by atoms with Crippen LogP contribution < -0.4 is 11.0 Å². The molecule has 0 atom stereocenters. The Bertz CT molecular complexity index is 1530. The predicted molar refractivity (Wildman–Crippen MR) is 117 cm³/mol. The summed E-state index contributed by atoms with van der Waals surface area (Å²) in [6.45, 7) is 2.16. The Labute approximate surface area is 171 Å². The van der Waals surface area contributed by atoms with Gasteiger partial charge in [-0.15, -0.1) is 0 Å². The van der Waals surface area contributed by atoms with Gasteiger partial charge in [-0.25, -0.2) is 4.98 Å². The third kappa shape index (κ3) is 2.69. The first-order chi connectivity index (χ1) is 14.6. The van der Waals surface area contributed by atoms with E-state index in [1.807, 2.05) is 54.9 Å². The van der Waals surface area contributed by atoms with Crippen LogP contribution in [0.25, 0.3) is 33.3 Å². The number of rotatable bonds is 3. The van der Waals surface area contributed by atoms with E-state index in [0.29, 0.717) is 22.6 Å². The second-order valence-corrected chi connectivity index (χ2v) is 7.32. The third-order valence-electron chi connectivity index (χ3n) is 5.48. The van der Waals surface area contributed by atoms with Crippen molar-refractivity contribution in [3.8, 4) is 11.4 Å². The van der Waals surface area contributed by atoms with E-state index >= 15 is 0 Å².